The fourth-order valence-electron chi connectivity index (χ4n) is 3.21. The van der Waals surface area contributed by atoms with E-state index in [2.05, 4.69) is 12.2 Å². The van der Waals surface area contributed by atoms with Gasteiger partial charge in [-0.2, -0.15) is 0 Å². The van der Waals surface area contributed by atoms with Crippen LogP contribution >= 0.6 is 0 Å². The summed E-state index contributed by atoms with van der Waals surface area (Å²) in [5.41, 5.74) is 0. The molecule has 1 saturated heterocycles. The second-order valence-corrected chi connectivity index (χ2v) is 6.74. The first kappa shape index (κ1) is 16.3. The molecule has 1 aliphatic carbocycles. The van der Waals surface area contributed by atoms with Gasteiger partial charge in [-0.3, -0.25) is 9.59 Å². The number of hydrogen-bond acceptors (Lipinski definition) is 2. The van der Waals surface area contributed by atoms with Crippen LogP contribution in [0.2, 0.25) is 0 Å². The minimum Gasteiger partial charge on any atom is -0.344 e. The molecule has 4 nitrogen and oxygen atoms in total. The largest absolute Gasteiger partial charge is 0.344 e. The quantitative estimate of drug-likeness (QED) is 0.700. The molecule has 1 saturated carbocycles. The number of amides is 2. The summed E-state index contributed by atoms with van der Waals surface area (Å²) in [5, 5.41) is 2.94. The summed E-state index contributed by atoms with van der Waals surface area (Å²) in [5.74, 6) is 0.585. The number of carbonyl (C=O) groups excluding carboxylic acids is 2. The van der Waals surface area contributed by atoms with E-state index in [0.717, 1.165) is 25.8 Å². The Morgan fingerprint density at radius 3 is 2.43 bits per heavy atom. The molecule has 120 valence electrons. The van der Waals surface area contributed by atoms with Gasteiger partial charge >= 0.3 is 0 Å². The molecule has 1 aliphatic heterocycles. The number of rotatable bonds is 8. The highest BCUT2D eigenvalue weighted by molar-refractivity contribution is 5.91. The van der Waals surface area contributed by atoms with E-state index in [9.17, 15) is 9.59 Å². The molecule has 2 rings (SSSR count). The first-order valence-corrected chi connectivity index (χ1v) is 8.73. The fraction of sp³-hybridized carbons (Fsp3) is 0.882. The van der Waals surface area contributed by atoms with Gasteiger partial charge in [0.05, 0.1) is 0 Å². The zero-order valence-corrected chi connectivity index (χ0v) is 13.6. The van der Waals surface area contributed by atoms with E-state index in [-0.39, 0.29) is 23.9 Å². The van der Waals surface area contributed by atoms with Crippen molar-refractivity contribution in [3.05, 3.63) is 0 Å². The molecule has 0 radical (unpaired) electrons. The van der Waals surface area contributed by atoms with Crippen molar-refractivity contribution in [2.45, 2.75) is 83.7 Å². The molecule has 2 amide bonds. The first-order chi connectivity index (χ1) is 10.1. The predicted molar refractivity (Wildman–Crippen MR) is 83.8 cm³/mol. The Hall–Kier alpha value is -1.06. The Labute approximate surface area is 128 Å². The molecule has 2 fully saturated rings. The van der Waals surface area contributed by atoms with Gasteiger partial charge in [-0.1, -0.05) is 39.0 Å². The number of carbonyl (C=O) groups is 2. The molecule has 1 heterocycles. The highest BCUT2D eigenvalue weighted by atomic mass is 16.2. The van der Waals surface area contributed by atoms with Crippen molar-refractivity contribution in [3.8, 4) is 0 Å². The van der Waals surface area contributed by atoms with Crippen LogP contribution in [0, 0.1) is 5.92 Å². The van der Waals surface area contributed by atoms with Gasteiger partial charge in [0, 0.05) is 19.0 Å². The summed E-state index contributed by atoms with van der Waals surface area (Å²) in [7, 11) is 0. The minimum absolute atomic E-state index is 0.0388. The van der Waals surface area contributed by atoms with Crippen LogP contribution in [0.3, 0.4) is 0 Å². The Morgan fingerprint density at radius 1 is 1.10 bits per heavy atom. The molecular formula is C17H30N2O2. The highest BCUT2D eigenvalue weighted by Crippen LogP contribution is 2.34. The second-order valence-electron chi connectivity index (χ2n) is 6.74. The molecule has 0 aromatic rings. The second kappa shape index (κ2) is 7.81. The van der Waals surface area contributed by atoms with Gasteiger partial charge in [0.15, 0.2) is 0 Å². The molecule has 0 aromatic heterocycles. The van der Waals surface area contributed by atoms with Crippen molar-refractivity contribution < 1.29 is 9.59 Å². The van der Waals surface area contributed by atoms with Gasteiger partial charge in [0.25, 0.3) is 0 Å². The van der Waals surface area contributed by atoms with Gasteiger partial charge < -0.3 is 10.2 Å². The summed E-state index contributed by atoms with van der Waals surface area (Å²) >= 11 is 0. The van der Waals surface area contributed by atoms with Crippen molar-refractivity contribution >= 4 is 11.8 Å². The average molecular weight is 294 g/mol. The van der Waals surface area contributed by atoms with Crippen LogP contribution in [0.1, 0.15) is 71.6 Å². The van der Waals surface area contributed by atoms with Gasteiger partial charge in [-0.25, -0.2) is 0 Å². The summed E-state index contributed by atoms with van der Waals surface area (Å²) in [6, 6.07) is -0.209. The third kappa shape index (κ3) is 4.72. The molecule has 1 N–H and O–H groups in total. The summed E-state index contributed by atoms with van der Waals surface area (Å²) in [6.45, 7) is 5.04. The average Bonchev–Trinajstić information content (AvgIpc) is 3.27. The van der Waals surface area contributed by atoms with Gasteiger partial charge in [0.1, 0.15) is 6.04 Å². The molecule has 2 atom stereocenters. The van der Waals surface area contributed by atoms with E-state index < -0.39 is 0 Å². The Balaban J connectivity index is 1.83. The Morgan fingerprint density at radius 2 is 1.76 bits per heavy atom. The zero-order valence-electron chi connectivity index (χ0n) is 13.6. The van der Waals surface area contributed by atoms with Crippen LogP contribution in [-0.2, 0) is 9.59 Å². The Bertz CT molecular complexity index is 366. The molecule has 0 aromatic carbocycles. The van der Waals surface area contributed by atoms with E-state index in [0.29, 0.717) is 12.3 Å². The van der Waals surface area contributed by atoms with Crippen LogP contribution in [0.4, 0.5) is 0 Å². The topological polar surface area (TPSA) is 49.4 Å². The van der Waals surface area contributed by atoms with E-state index >= 15 is 0 Å². The molecule has 4 heteroatoms. The normalized spacial score (nSPS) is 26.7. The molecule has 21 heavy (non-hydrogen) atoms. The van der Waals surface area contributed by atoms with Crippen LogP contribution in [0.25, 0.3) is 0 Å². The SMILES string of the molecule is CCCCCCCCN1C(=O)C(C2CC2)NC(=O)CC1C. The smallest absolute Gasteiger partial charge is 0.245 e. The monoisotopic (exact) mass is 294 g/mol. The number of hydrogen-bond donors (Lipinski definition) is 1. The molecule has 0 spiro atoms. The van der Waals surface area contributed by atoms with E-state index in [1.165, 1.54) is 32.1 Å². The fourth-order valence-corrected chi connectivity index (χ4v) is 3.21. The summed E-state index contributed by atoms with van der Waals surface area (Å²) in [6.07, 6.45) is 9.98. The maximum Gasteiger partial charge on any atom is 0.245 e. The van der Waals surface area contributed by atoms with E-state index in [4.69, 9.17) is 0 Å². The van der Waals surface area contributed by atoms with Crippen molar-refractivity contribution in [3.63, 3.8) is 0 Å². The van der Waals surface area contributed by atoms with E-state index in [1.807, 2.05) is 11.8 Å². The summed E-state index contributed by atoms with van der Waals surface area (Å²) < 4.78 is 0. The maximum absolute atomic E-state index is 12.7. The van der Waals surface area contributed by atoms with Crippen LogP contribution in [-0.4, -0.2) is 35.3 Å². The lowest BCUT2D eigenvalue weighted by molar-refractivity contribution is -0.135. The minimum atomic E-state index is -0.248. The number of nitrogens with one attached hydrogen (secondary N) is 1. The predicted octanol–water partition coefficient (Wildman–Crippen LogP) is 2.86. The summed E-state index contributed by atoms with van der Waals surface area (Å²) in [4.78, 5) is 26.5. The number of nitrogens with zero attached hydrogens (tertiary/aromatic N) is 1. The van der Waals surface area contributed by atoms with Gasteiger partial charge in [-0.05, 0) is 32.1 Å². The van der Waals surface area contributed by atoms with Gasteiger partial charge in [-0.15, -0.1) is 0 Å². The standard InChI is InChI=1S/C17H30N2O2/c1-3-4-5-6-7-8-11-19-13(2)12-15(20)18-16(17(19)21)14-9-10-14/h13-14,16H,3-12H2,1-2H3,(H,18,20). The van der Waals surface area contributed by atoms with E-state index in [1.54, 1.807) is 0 Å². The number of unbranched alkanes of at least 4 members (excludes halogenated alkanes) is 5. The van der Waals surface area contributed by atoms with Crippen molar-refractivity contribution in [1.82, 2.24) is 10.2 Å². The molecule has 2 aliphatic rings. The highest BCUT2D eigenvalue weighted by Gasteiger charge is 2.42. The Kier molecular flexibility index (Phi) is 6.07. The van der Waals surface area contributed by atoms with Gasteiger partial charge in [0.2, 0.25) is 11.8 Å². The first-order valence-electron chi connectivity index (χ1n) is 8.73. The zero-order chi connectivity index (χ0) is 15.2. The molecule has 0 bridgehead atoms. The third-order valence-electron chi connectivity index (χ3n) is 4.72. The van der Waals surface area contributed by atoms with Crippen LogP contribution < -0.4 is 5.32 Å². The third-order valence-corrected chi connectivity index (χ3v) is 4.72. The lowest BCUT2D eigenvalue weighted by Crippen LogP contribution is -2.47. The van der Waals surface area contributed by atoms with Crippen LogP contribution in [0.5, 0.6) is 0 Å². The van der Waals surface area contributed by atoms with Crippen molar-refractivity contribution in [2.75, 3.05) is 6.54 Å². The lowest BCUT2D eigenvalue weighted by atomic mass is 10.1. The maximum atomic E-state index is 12.7. The van der Waals surface area contributed by atoms with Crippen LogP contribution in [0.15, 0.2) is 0 Å². The molecule has 2 unspecified atom stereocenters. The lowest BCUT2D eigenvalue weighted by Gasteiger charge is -2.28. The van der Waals surface area contributed by atoms with Crippen molar-refractivity contribution in [2.24, 2.45) is 5.92 Å². The van der Waals surface area contributed by atoms with Crippen molar-refractivity contribution in [1.29, 1.82) is 0 Å². The molecular weight excluding hydrogens is 264 g/mol.